The van der Waals surface area contributed by atoms with Crippen LogP contribution in [0, 0.1) is 0 Å². The predicted octanol–water partition coefficient (Wildman–Crippen LogP) is 2.76. The molecule has 0 spiro atoms. The zero-order valence-electron chi connectivity index (χ0n) is 12.8. The molecule has 8 heteroatoms. The maximum absolute atomic E-state index is 11.4. The van der Waals surface area contributed by atoms with Gasteiger partial charge in [-0.3, -0.25) is 4.79 Å². The molecule has 2 heterocycles. The first-order valence-electron chi connectivity index (χ1n) is 7.12. The highest BCUT2D eigenvalue weighted by molar-refractivity contribution is 14.0. The molecule has 1 aliphatic heterocycles. The smallest absolute Gasteiger partial charge is 0.219 e. The maximum Gasteiger partial charge on any atom is 0.219 e. The quantitative estimate of drug-likeness (QED) is 0.394. The molecular formula is C14H22BrIN4OS. The summed E-state index contributed by atoms with van der Waals surface area (Å²) in [4.78, 5) is 20.2. The van der Waals surface area contributed by atoms with Crippen LogP contribution in [0.3, 0.4) is 0 Å². The van der Waals surface area contributed by atoms with Crippen molar-refractivity contribution in [2.75, 3.05) is 32.7 Å². The van der Waals surface area contributed by atoms with E-state index >= 15 is 0 Å². The minimum Gasteiger partial charge on any atom is -0.357 e. The minimum absolute atomic E-state index is 0. The average molecular weight is 501 g/mol. The molecular weight excluding hydrogens is 479 g/mol. The van der Waals surface area contributed by atoms with E-state index in [9.17, 15) is 4.79 Å². The number of nitrogens with zero attached hydrogens (tertiary/aromatic N) is 3. The second-order valence-electron chi connectivity index (χ2n) is 4.92. The van der Waals surface area contributed by atoms with E-state index in [1.807, 2.05) is 4.90 Å². The Morgan fingerprint density at radius 3 is 2.50 bits per heavy atom. The molecule has 1 aromatic heterocycles. The van der Waals surface area contributed by atoms with Gasteiger partial charge >= 0.3 is 0 Å². The van der Waals surface area contributed by atoms with Gasteiger partial charge in [-0.05, 0) is 39.9 Å². The molecule has 0 radical (unpaired) electrons. The van der Waals surface area contributed by atoms with Gasteiger partial charge in [-0.15, -0.1) is 35.3 Å². The topological polar surface area (TPSA) is 47.9 Å². The van der Waals surface area contributed by atoms with Crippen molar-refractivity contribution >= 4 is 63.1 Å². The number of hydrogen-bond donors (Lipinski definition) is 1. The van der Waals surface area contributed by atoms with E-state index in [0.717, 1.165) is 42.5 Å². The van der Waals surface area contributed by atoms with Gasteiger partial charge in [0.2, 0.25) is 5.91 Å². The standard InChI is InChI=1S/C14H21BrN4OS.HI/c1-3-16-14(17-9-12-8-13(15)21-10-12)19-6-4-18(5-7-19)11(2)20;/h8,10H,3-7,9H2,1-2H3,(H,16,17);1H. The molecule has 5 nitrogen and oxygen atoms in total. The number of hydrogen-bond acceptors (Lipinski definition) is 3. The van der Waals surface area contributed by atoms with Gasteiger partial charge in [0.15, 0.2) is 5.96 Å². The summed E-state index contributed by atoms with van der Waals surface area (Å²) in [5.74, 6) is 1.09. The third-order valence-corrected chi connectivity index (χ3v) is 4.95. The molecule has 0 bridgehead atoms. The number of aliphatic imine (C=N–C) groups is 1. The largest absolute Gasteiger partial charge is 0.357 e. The normalized spacial score (nSPS) is 15.5. The van der Waals surface area contributed by atoms with Crippen molar-refractivity contribution in [3.63, 3.8) is 0 Å². The summed E-state index contributed by atoms with van der Waals surface area (Å²) < 4.78 is 1.13. The predicted molar refractivity (Wildman–Crippen MR) is 106 cm³/mol. The van der Waals surface area contributed by atoms with Crippen LogP contribution in [-0.2, 0) is 11.3 Å². The van der Waals surface area contributed by atoms with Crippen molar-refractivity contribution < 1.29 is 4.79 Å². The van der Waals surface area contributed by atoms with E-state index in [-0.39, 0.29) is 29.9 Å². The molecule has 2 rings (SSSR count). The molecule has 1 amide bonds. The van der Waals surface area contributed by atoms with E-state index in [1.165, 1.54) is 5.56 Å². The molecule has 1 aliphatic rings. The lowest BCUT2D eigenvalue weighted by atomic mass is 10.3. The van der Waals surface area contributed by atoms with Crippen LogP contribution >= 0.6 is 51.2 Å². The Hall–Kier alpha value is -0.350. The fraction of sp³-hybridized carbons (Fsp3) is 0.571. The summed E-state index contributed by atoms with van der Waals surface area (Å²) in [6.45, 7) is 8.42. The van der Waals surface area contributed by atoms with E-state index in [0.29, 0.717) is 6.54 Å². The van der Waals surface area contributed by atoms with Crippen LogP contribution in [0.2, 0.25) is 0 Å². The van der Waals surface area contributed by atoms with E-state index in [1.54, 1.807) is 18.3 Å². The highest BCUT2D eigenvalue weighted by atomic mass is 127. The fourth-order valence-electron chi connectivity index (χ4n) is 2.25. The van der Waals surface area contributed by atoms with Crippen molar-refractivity contribution in [1.82, 2.24) is 15.1 Å². The van der Waals surface area contributed by atoms with E-state index in [2.05, 4.69) is 44.5 Å². The van der Waals surface area contributed by atoms with Crippen molar-refractivity contribution in [3.05, 3.63) is 20.8 Å². The van der Waals surface area contributed by atoms with Crippen LogP contribution in [0.15, 0.2) is 20.2 Å². The van der Waals surface area contributed by atoms with Gasteiger partial charge in [0.1, 0.15) is 0 Å². The molecule has 1 aromatic rings. The van der Waals surface area contributed by atoms with E-state index in [4.69, 9.17) is 4.99 Å². The van der Waals surface area contributed by atoms with Gasteiger partial charge in [0, 0.05) is 39.6 Å². The summed E-state index contributed by atoms with van der Waals surface area (Å²) >= 11 is 5.15. The highest BCUT2D eigenvalue weighted by Crippen LogP contribution is 2.21. The van der Waals surface area contributed by atoms with Gasteiger partial charge in [0.05, 0.1) is 10.3 Å². The molecule has 1 fully saturated rings. The van der Waals surface area contributed by atoms with Crippen molar-refractivity contribution in [3.8, 4) is 0 Å². The summed E-state index contributed by atoms with van der Waals surface area (Å²) in [5.41, 5.74) is 1.21. The van der Waals surface area contributed by atoms with Gasteiger partial charge in [0.25, 0.3) is 0 Å². The molecule has 0 saturated carbocycles. The first kappa shape index (κ1) is 19.7. The van der Waals surface area contributed by atoms with Gasteiger partial charge in [-0.1, -0.05) is 0 Å². The van der Waals surface area contributed by atoms with E-state index < -0.39 is 0 Å². The molecule has 1 N–H and O–H groups in total. The Labute approximate surface area is 161 Å². The maximum atomic E-state index is 11.4. The summed E-state index contributed by atoms with van der Waals surface area (Å²) in [6, 6.07) is 2.10. The van der Waals surface area contributed by atoms with Crippen LogP contribution in [0.1, 0.15) is 19.4 Å². The number of amides is 1. The molecule has 0 unspecified atom stereocenters. The highest BCUT2D eigenvalue weighted by Gasteiger charge is 2.20. The summed E-state index contributed by atoms with van der Waals surface area (Å²) in [6.07, 6.45) is 0. The molecule has 22 heavy (non-hydrogen) atoms. The Morgan fingerprint density at radius 2 is 2.00 bits per heavy atom. The number of carbonyl (C=O) groups excluding carboxylic acids is 1. The molecule has 0 aliphatic carbocycles. The zero-order chi connectivity index (χ0) is 15.2. The number of carbonyl (C=O) groups is 1. The van der Waals surface area contributed by atoms with Crippen LogP contribution in [0.25, 0.3) is 0 Å². The van der Waals surface area contributed by atoms with Gasteiger partial charge in [-0.2, -0.15) is 0 Å². The number of thiophene rings is 1. The molecule has 124 valence electrons. The van der Waals surface area contributed by atoms with Crippen LogP contribution in [0.4, 0.5) is 0 Å². The van der Waals surface area contributed by atoms with Crippen LogP contribution in [0.5, 0.6) is 0 Å². The summed E-state index contributed by atoms with van der Waals surface area (Å²) in [7, 11) is 0. The first-order valence-corrected chi connectivity index (χ1v) is 8.79. The Balaban J connectivity index is 0.00000242. The number of rotatable bonds is 3. The SMILES string of the molecule is CCNC(=NCc1csc(Br)c1)N1CCN(C(C)=O)CC1.I. The lowest BCUT2D eigenvalue weighted by Gasteiger charge is -2.36. The van der Waals surface area contributed by atoms with Gasteiger partial charge < -0.3 is 15.1 Å². The van der Waals surface area contributed by atoms with Crippen LogP contribution in [-0.4, -0.2) is 54.4 Å². The first-order chi connectivity index (χ1) is 10.1. The number of halogens is 2. The zero-order valence-corrected chi connectivity index (χ0v) is 17.6. The monoisotopic (exact) mass is 500 g/mol. The average Bonchev–Trinajstić information content (AvgIpc) is 2.89. The molecule has 0 aromatic carbocycles. The van der Waals surface area contributed by atoms with Crippen LogP contribution < -0.4 is 5.32 Å². The third-order valence-electron chi connectivity index (χ3n) is 3.39. The Bertz CT molecular complexity index is 515. The summed E-state index contributed by atoms with van der Waals surface area (Å²) in [5, 5.41) is 5.45. The second kappa shape index (κ2) is 9.71. The Morgan fingerprint density at radius 1 is 1.36 bits per heavy atom. The number of guanidine groups is 1. The minimum atomic E-state index is 0. The lowest BCUT2D eigenvalue weighted by molar-refractivity contribution is -0.130. The Kier molecular flexibility index (Phi) is 8.70. The number of piperazine rings is 1. The molecule has 0 atom stereocenters. The third kappa shape index (κ3) is 5.69. The fourth-order valence-corrected chi connectivity index (χ4v) is 3.45. The van der Waals surface area contributed by atoms with Crippen molar-refractivity contribution in [1.29, 1.82) is 0 Å². The lowest BCUT2D eigenvalue weighted by Crippen LogP contribution is -2.53. The van der Waals surface area contributed by atoms with Gasteiger partial charge in [-0.25, -0.2) is 4.99 Å². The van der Waals surface area contributed by atoms with Crippen molar-refractivity contribution in [2.24, 2.45) is 4.99 Å². The van der Waals surface area contributed by atoms with Crippen molar-refractivity contribution in [2.45, 2.75) is 20.4 Å². The second-order valence-corrected chi connectivity index (χ2v) is 7.21. The molecule has 1 saturated heterocycles. The number of nitrogens with one attached hydrogen (secondary N) is 1.